The number of carbonyl (C=O) groups excluding carboxylic acids is 1. The molecule has 2 bridgehead atoms. The highest BCUT2D eigenvalue weighted by Gasteiger charge is 2.67. The molecule has 0 heterocycles. The molecule has 1 amide bonds. The summed E-state index contributed by atoms with van der Waals surface area (Å²) in [5.74, 6) is 1.31. The van der Waals surface area contributed by atoms with Crippen molar-refractivity contribution in [1.29, 1.82) is 0 Å². The number of rotatable bonds is 5. The molecular formula is C19H23NO3. The number of hydrogen-bond donors (Lipinski definition) is 2. The van der Waals surface area contributed by atoms with Crippen LogP contribution in [0.25, 0.3) is 0 Å². The maximum Gasteiger partial charge on any atom is 0.308 e. The molecule has 3 fully saturated rings. The fraction of sp³-hybridized carbons (Fsp3) is 0.579. The SMILES string of the molecule is CC(C(=O)O)C(NC(=O)C1C2C3CCC(C3)C12)c1ccccc1. The van der Waals surface area contributed by atoms with Gasteiger partial charge in [-0.05, 0) is 55.4 Å². The Morgan fingerprint density at radius 1 is 1.13 bits per heavy atom. The van der Waals surface area contributed by atoms with Gasteiger partial charge < -0.3 is 10.4 Å². The zero-order valence-corrected chi connectivity index (χ0v) is 13.3. The number of benzene rings is 1. The standard InChI is InChI=1S/C19H23NO3/c1-10(19(22)23)17(11-5-3-2-4-6-11)20-18(21)16-14-12-7-8-13(9-12)15(14)16/h2-6,10,12-17H,7-9H2,1H3,(H,20,21)(H,22,23). The van der Waals surface area contributed by atoms with E-state index >= 15 is 0 Å². The quantitative estimate of drug-likeness (QED) is 0.878. The van der Waals surface area contributed by atoms with Crippen molar-refractivity contribution >= 4 is 11.9 Å². The van der Waals surface area contributed by atoms with Crippen LogP contribution < -0.4 is 5.32 Å². The van der Waals surface area contributed by atoms with E-state index in [9.17, 15) is 14.7 Å². The molecule has 2 N–H and O–H groups in total. The number of amides is 1. The lowest BCUT2D eigenvalue weighted by atomic mass is 9.93. The Kier molecular flexibility index (Phi) is 3.43. The second-order valence-corrected chi connectivity index (χ2v) is 7.54. The van der Waals surface area contributed by atoms with Crippen molar-refractivity contribution < 1.29 is 14.7 Å². The maximum atomic E-state index is 12.7. The van der Waals surface area contributed by atoms with Crippen LogP contribution in [0.3, 0.4) is 0 Å². The third kappa shape index (κ3) is 2.35. The molecule has 4 nitrogen and oxygen atoms in total. The minimum absolute atomic E-state index is 0.0681. The monoisotopic (exact) mass is 313 g/mol. The Morgan fingerprint density at radius 2 is 1.74 bits per heavy atom. The van der Waals surface area contributed by atoms with Crippen LogP contribution in [0.1, 0.15) is 37.8 Å². The van der Waals surface area contributed by atoms with Crippen LogP contribution in [-0.4, -0.2) is 17.0 Å². The number of carbonyl (C=O) groups is 2. The highest BCUT2D eigenvalue weighted by Crippen LogP contribution is 2.69. The van der Waals surface area contributed by atoms with Crippen LogP contribution in [0.4, 0.5) is 0 Å². The molecule has 0 aromatic heterocycles. The minimum Gasteiger partial charge on any atom is -0.481 e. The molecule has 1 aromatic carbocycles. The zero-order chi connectivity index (χ0) is 16.1. The van der Waals surface area contributed by atoms with E-state index in [1.165, 1.54) is 19.3 Å². The smallest absolute Gasteiger partial charge is 0.308 e. The van der Waals surface area contributed by atoms with E-state index in [4.69, 9.17) is 0 Å². The summed E-state index contributed by atoms with van der Waals surface area (Å²) < 4.78 is 0. The molecule has 23 heavy (non-hydrogen) atoms. The molecule has 122 valence electrons. The number of carboxylic acid groups (broad SMARTS) is 1. The molecule has 0 radical (unpaired) electrons. The molecule has 0 saturated heterocycles. The fourth-order valence-corrected chi connectivity index (χ4v) is 5.23. The summed E-state index contributed by atoms with van der Waals surface area (Å²) in [7, 11) is 0. The van der Waals surface area contributed by atoms with Crippen LogP contribution in [0.5, 0.6) is 0 Å². The lowest BCUT2D eigenvalue weighted by Gasteiger charge is -2.23. The second-order valence-electron chi connectivity index (χ2n) is 7.54. The molecule has 1 aromatic rings. The van der Waals surface area contributed by atoms with E-state index in [0.29, 0.717) is 11.8 Å². The van der Waals surface area contributed by atoms with Gasteiger partial charge in [0.15, 0.2) is 0 Å². The predicted molar refractivity (Wildman–Crippen MR) is 85.4 cm³/mol. The van der Waals surface area contributed by atoms with Gasteiger partial charge in [-0.1, -0.05) is 30.3 Å². The van der Waals surface area contributed by atoms with E-state index < -0.39 is 17.9 Å². The summed E-state index contributed by atoms with van der Waals surface area (Å²) in [5.41, 5.74) is 0.865. The third-order valence-electron chi connectivity index (χ3n) is 6.38. The molecule has 3 aliphatic carbocycles. The van der Waals surface area contributed by atoms with Gasteiger partial charge >= 0.3 is 5.97 Å². The highest BCUT2D eigenvalue weighted by molar-refractivity contribution is 5.84. The number of nitrogens with one attached hydrogen (secondary N) is 1. The first-order chi connectivity index (χ1) is 11.1. The van der Waals surface area contributed by atoms with Crippen LogP contribution >= 0.6 is 0 Å². The highest BCUT2D eigenvalue weighted by atomic mass is 16.4. The molecule has 0 aliphatic heterocycles. The predicted octanol–water partition coefficient (Wildman–Crippen LogP) is 2.86. The van der Waals surface area contributed by atoms with E-state index in [1.54, 1.807) is 6.92 Å². The van der Waals surface area contributed by atoms with Gasteiger partial charge in [0.1, 0.15) is 0 Å². The average Bonchev–Trinajstić information content (AvgIpc) is 3.00. The normalized spacial score (nSPS) is 36.1. The Balaban J connectivity index is 1.50. The van der Waals surface area contributed by atoms with Crippen molar-refractivity contribution in [1.82, 2.24) is 5.32 Å². The van der Waals surface area contributed by atoms with Crippen LogP contribution in [0.15, 0.2) is 30.3 Å². The van der Waals surface area contributed by atoms with Gasteiger partial charge in [-0.2, -0.15) is 0 Å². The van der Waals surface area contributed by atoms with Crippen molar-refractivity contribution in [2.75, 3.05) is 0 Å². The Labute approximate surface area is 136 Å². The molecular weight excluding hydrogens is 290 g/mol. The molecule has 6 unspecified atom stereocenters. The summed E-state index contributed by atoms with van der Waals surface area (Å²) in [6.45, 7) is 1.66. The summed E-state index contributed by atoms with van der Waals surface area (Å²) in [5, 5.41) is 12.4. The zero-order valence-electron chi connectivity index (χ0n) is 13.3. The third-order valence-corrected chi connectivity index (χ3v) is 6.38. The Bertz CT molecular complexity index is 613. The van der Waals surface area contributed by atoms with Crippen molar-refractivity contribution in [2.45, 2.75) is 32.2 Å². The summed E-state index contributed by atoms with van der Waals surface area (Å²) >= 11 is 0. The summed E-state index contributed by atoms with van der Waals surface area (Å²) in [6, 6.07) is 8.99. The number of hydrogen-bond acceptors (Lipinski definition) is 2. The van der Waals surface area contributed by atoms with Gasteiger partial charge in [-0.25, -0.2) is 0 Å². The molecule has 6 atom stereocenters. The van der Waals surface area contributed by atoms with E-state index in [1.807, 2.05) is 30.3 Å². The van der Waals surface area contributed by atoms with Crippen molar-refractivity contribution in [3.8, 4) is 0 Å². The van der Waals surface area contributed by atoms with Gasteiger partial charge in [0.25, 0.3) is 0 Å². The maximum absolute atomic E-state index is 12.7. The number of fused-ring (bicyclic) bond motifs is 5. The first kappa shape index (κ1) is 14.7. The molecule has 3 saturated carbocycles. The van der Waals surface area contributed by atoms with Gasteiger partial charge in [0, 0.05) is 5.92 Å². The number of aliphatic carboxylic acids is 1. The lowest BCUT2D eigenvalue weighted by molar-refractivity contribution is -0.142. The Morgan fingerprint density at radius 3 is 2.30 bits per heavy atom. The average molecular weight is 313 g/mol. The van der Waals surface area contributed by atoms with Crippen molar-refractivity contribution in [3.05, 3.63) is 35.9 Å². The molecule has 4 rings (SSSR count). The van der Waals surface area contributed by atoms with Gasteiger partial charge in [-0.3, -0.25) is 9.59 Å². The van der Waals surface area contributed by atoms with E-state index in [-0.39, 0.29) is 11.8 Å². The van der Waals surface area contributed by atoms with Gasteiger partial charge in [0.05, 0.1) is 12.0 Å². The van der Waals surface area contributed by atoms with Crippen LogP contribution in [0.2, 0.25) is 0 Å². The first-order valence-electron chi connectivity index (χ1n) is 8.66. The van der Waals surface area contributed by atoms with Gasteiger partial charge in [-0.15, -0.1) is 0 Å². The first-order valence-corrected chi connectivity index (χ1v) is 8.66. The van der Waals surface area contributed by atoms with E-state index in [0.717, 1.165) is 17.4 Å². The summed E-state index contributed by atoms with van der Waals surface area (Å²) in [6.07, 6.45) is 3.87. The number of carboxylic acids is 1. The van der Waals surface area contributed by atoms with Gasteiger partial charge in [0.2, 0.25) is 5.91 Å². The lowest BCUT2D eigenvalue weighted by Crippen LogP contribution is -2.37. The fourth-order valence-electron chi connectivity index (χ4n) is 5.23. The minimum atomic E-state index is -0.879. The topological polar surface area (TPSA) is 66.4 Å². The molecule has 4 heteroatoms. The van der Waals surface area contributed by atoms with E-state index in [2.05, 4.69) is 5.32 Å². The summed E-state index contributed by atoms with van der Waals surface area (Å²) in [4.78, 5) is 24.2. The molecule has 0 spiro atoms. The molecule has 3 aliphatic rings. The van der Waals surface area contributed by atoms with Crippen molar-refractivity contribution in [2.24, 2.45) is 35.5 Å². The largest absolute Gasteiger partial charge is 0.481 e. The van der Waals surface area contributed by atoms with Crippen LogP contribution in [-0.2, 0) is 9.59 Å². The Hall–Kier alpha value is -1.84. The van der Waals surface area contributed by atoms with Crippen molar-refractivity contribution in [3.63, 3.8) is 0 Å². The van der Waals surface area contributed by atoms with Crippen LogP contribution in [0, 0.1) is 35.5 Å². The second kappa shape index (κ2) is 5.36.